The van der Waals surface area contributed by atoms with E-state index in [1.807, 2.05) is 48.1 Å². The molecule has 0 bridgehead atoms. The normalized spacial score (nSPS) is 11.0. The van der Waals surface area contributed by atoms with Crippen LogP contribution in [0.15, 0.2) is 73.1 Å². The Hall–Kier alpha value is -3.23. The first-order valence-corrected chi connectivity index (χ1v) is 12.7. The van der Waals surface area contributed by atoms with E-state index < -0.39 is 0 Å². The van der Waals surface area contributed by atoms with E-state index in [4.69, 9.17) is 28.9 Å². The van der Waals surface area contributed by atoms with Gasteiger partial charge in [-0.2, -0.15) is 5.10 Å². The molecule has 0 fully saturated rings. The summed E-state index contributed by atoms with van der Waals surface area (Å²) in [6.45, 7) is 2.95. The molecule has 0 radical (unpaired) electrons. The van der Waals surface area contributed by atoms with Crippen molar-refractivity contribution in [3.8, 4) is 0 Å². The van der Waals surface area contributed by atoms with E-state index in [9.17, 15) is 4.39 Å². The molecule has 0 amide bonds. The van der Waals surface area contributed by atoms with Crippen molar-refractivity contribution in [2.45, 2.75) is 25.9 Å². The summed E-state index contributed by atoms with van der Waals surface area (Å²) in [7, 11) is 4.07. The van der Waals surface area contributed by atoms with Crippen molar-refractivity contribution in [2.24, 2.45) is 0 Å². The monoisotopic (exact) mass is 524 g/mol. The molecular weight excluding hydrogens is 495 g/mol. The van der Waals surface area contributed by atoms with Gasteiger partial charge in [-0.1, -0.05) is 23.7 Å². The molecule has 2 heterocycles. The van der Waals surface area contributed by atoms with Gasteiger partial charge in [0.1, 0.15) is 11.6 Å². The van der Waals surface area contributed by atoms with E-state index in [1.54, 1.807) is 24.5 Å². The van der Waals surface area contributed by atoms with E-state index in [1.165, 1.54) is 12.1 Å². The zero-order chi connectivity index (χ0) is 25.5. The number of likely N-dealkylation sites (N-methyl/N-ethyl adjacent to an activating group) is 1. The Kier molecular flexibility index (Phi) is 8.72. The Morgan fingerprint density at radius 1 is 0.889 bits per heavy atom. The lowest BCUT2D eigenvalue weighted by Crippen LogP contribution is -2.22. The third-order valence-corrected chi connectivity index (χ3v) is 6.84. The summed E-state index contributed by atoms with van der Waals surface area (Å²) in [5.41, 5.74) is 3.20. The fourth-order valence-electron chi connectivity index (χ4n) is 4.03. The second-order valence-electron chi connectivity index (χ2n) is 8.76. The number of aryl methyl sites for hydroxylation is 1. The number of halogens is 2. The highest BCUT2D eigenvalue weighted by Gasteiger charge is 2.13. The van der Waals surface area contributed by atoms with Crippen molar-refractivity contribution in [3.05, 3.63) is 100 Å². The second-order valence-corrected chi connectivity index (χ2v) is 9.56. The van der Waals surface area contributed by atoms with E-state index in [-0.39, 0.29) is 5.82 Å². The van der Waals surface area contributed by atoms with Gasteiger partial charge in [0, 0.05) is 68.9 Å². The Morgan fingerprint density at radius 2 is 1.53 bits per heavy atom. The molecule has 188 valence electrons. The van der Waals surface area contributed by atoms with Crippen LogP contribution >= 0.6 is 23.8 Å². The van der Waals surface area contributed by atoms with Crippen molar-refractivity contribution in [1.82, 2.24) is 19.3 Å². The maximum atomic E-state index is 13.3. The van der Waals surface area contributed by atoms with Crippen molar-refractivity contribution in [3.63, 3.8) is 0 Å². The fourth-order valence-corrected chi connectivity index (χ4v) is 4.45. The summed E-state index contributed by atoms with van der Waals surface area (Å²) in [5.74, 6) is 0.684. The topological polar surface area (TPSA) is 42.1 Å². The smallest absolute Gasteiger partial charge is 0.198 e. The zero-order valence-electron chi connectivity index (χ0n) is 20.5. The van der Waals surface area contributed by atoms with Crippen LogP contribution in [-0.2, 0) is 19.5 Å². The molecule has 0 aliphatic carbocycles. The quantitative estimate of drug-likeness (QED) is 0.230. The maximum absolute atomic E-state index is 13.3. The molecule has 0 unspecified atom stereocenters. The van der Waals surface area contributed by atoms with Crippen LogP contribution in [0.5, 0.6) is 0 Å². The van der Waals surface area contributed by atoms with Gasteiger partial charge in [-0.3, -0.25) is 9.55 Å². The van der Waals surface area contributed by atoms with Crippen LogP contribution in [0, 0.1) is 10.6 Å². The first-order valence-electron chi connectivity index (χ1n) is 11.9. The number of hydrogen-bond donors (Lipinski definition) is 0. The predicted molar refractivity (Wildman–Crippen MR) is 147 cm³/mol. The standard InChI is InChI=1S/C27H30ClFN6S/c1-32(25-12-15-30-16-13-25)17-3-18-35-27(36)34(20-21-4-6-22(28)7-5-21)26(31-35)14-19-33(2)24-10-8-23(29)9-11-24/h4-13,15-16H,3,14,17-20H2,1-2H3. The van der Waals surface area contributed by atoms with Crippen LogP contribution in [-0.4, -0.2) is 46.5 Å². The van der Waals surface area contributed by atoms with Gasteiger partial charge >= 0.3 is 0 Å². The average molecular weight is 525 g/mol. The molecule has 36 heavy (non-hydrogen) atoms. The number of hydrogen-bond acceptors (Lipinski definition) is 5. The summed E-state index contributed by atoms with van der Waals surface area (Å²) >= 11 is 11.9. The van der Waals surface area contributed by atoms with E-state index in [0.29, 0.717) is 22.8 Å². The van der Waals surface area contributed by atoms with Gasteiger partial charge in [-0.25, -0.2) is 9.07 Å². The molecule has 0 atom stereocenters. The number of rotatable bonds is 11. The Labute approximate surface area is 221 Å². The first-order chi connectivity index (χ1) is 17.4. The number of pyridine rings is 1. The number of aromatic nitrogens is 4. The Morgan fingerprint density at radius 3 is 2.22 bits per heavy atom. The molecule has 4 aromatic rings. The largest absolute Gasteiger partial charge is 0.374 e. The average Bonchev–Trinajstić information content (AvgIpc) is 3.18. The molecule has 0 N–H and O–H groups in total. The van der Waals surface area contributed by atoms with Crippen LogP contribution in [0.1, 0.15) is 17.8 Å². The number of anilines is 2. The van der Waals surface area contributed by atoms with Crippen molar-refractivity contribution in [1.29, 1.82) is 0 Å². The summed E-state index contributed by atoms with van der Waals surface area (Å²) in [4.78, 5) is 8.39. The lowest BCUT2D eigenvalue weighted by atomic mass is 10.2. The molecule has 6 nitrogen and oxygen atoms in total. The van der Waals surface area contributed by atoms with Gasteiger partial charge in [0.25, 0.3) is 0 Å². The van der Waals surface area contributed by atoms with Gasteiger partial charge in [-0.05, 0) is 72.7 Å². The van der Waals surface area contributed by atoms with Crippen LogP contribution < -0.4 is 9.80 Å². The molecule has 2 aromatic heterocycles. The third-order valence-electron chi connectivity index (χ3n) is 6.16. The minimum atomic E-state index is -0.239. The molecule has 0 spiro atoms. The maximum Gasteiger partial charge on any atom is 0.198 e. The minimum absolute atomic E-state index is 0.239. The molecule has 0 saturated carbocycles. The van der Waals surface area contributed by atoms with Crippen LogP contribution in [0.3, 0.4) is 0 Å². The van der Waals surface area contributed by atoms with Crippen molar-refractivity contribution < 1.29 is 4.39 Å². The molecule has 2 aromatic carbocycles. The summed E-state index contributed by atoms with van der Waals surface area (Å²) in [6.07, 6.45) is 5.21. The highest BCUT2D eigenvalue weighted by atomic mass is 35.5. The fraction of sp³-hybridized carbons (Fsp3) is 0.296. The van der Waals surface area contributed by atoms with E-state index in [0.717, 1.165) is 48.8 Å². The Bertz CT molecular complexity index is 1310. The molecule has 0 saturated heterocycles. The summed E-state index contributed by atoms with van der Waals surface area (Å²) < 4.78 is 18.1. The van der Waals surface area contributed by atoms with Crippen LogP contribution in [0.25, 0.3) is 0 Å². The van der Waals surface area contributed by atoms with Gasteiger partial charge in [0.2, 0.25) is 0 Å². The molecule has 9 heteroatoms. The molecular formula is C27H30ClFN6S. The molecule has 0 aliphatic heterocycles. The minimum Gasteiger partial charge on any atom is -0.374 e. The lowest BCUT2D eigenvalue weighted by molar-refractivity contribution is 0.562. The van der Waals surface area contributed by atoms with E-state index in [2.05, 4.69) is 26.4 Å². The number of benzene rings is 2. The SMILES string of the molecule is CN(CCCn1nc(CCN(C)c2ccc(F)cc2)n(Cc2ccc(Cl)cc2)c1=S)c1ccncc1. The van der Waals surface area contributed by atoms with Crippen molar-refractivity contribution >= 4 is 35.2 Å². The summed E-state index contributed by atoms with van der Waals surface area (Å²) in [6, 6.07) is 18.3. The number of nitrogens with zero attached hydrogens (tertiary/aromatic N) is 6. The van der Waals surface area contributed by atoms with Crippen molar-refractivity contribution in [2.75, 3.05) is 37.0 Å². The summed E-state index contributed by atoms with van der Waals surface area (Å²) in [5, 5.41) is 5.61. The molecule has 4 rings (SSSR count). The van der Waals surface area contributed by atoms with E-state index >= 15 is 0 Å². The second kappa shape index (κ2) is 12.1. The third kappa shape index (κ3) is 6.71. The van der Waals surface area contributed by atoms with Gasteiger partial charge < -0.3 is 9.80 Å². The van der Waals surface area contributed by atoms with Crippen LogP contribution in [0.4, 0.5) is 15.8 Å². The Balaban J connectivity index is 1.48. The predicted octanol–water partition coefficient (Wildman–Crippen LogP) is 5.86. The van der Waals surface area contributed by atoms with Gasteiger partial charge in [0.05, 0.1) is 6.54 Å². The van der Waals surface area contributed by atoms with Gasteiger partial charge in [-0.15, -0.1) is 0 Å². The molecule has 0 aliphatic rings. The highest BCUT2D eigenvalue weighted by Crippen LogP contribution is 2.16. The zero-order valence-corrected chi connectivity index (χ0v) is 22.1. The first kappa shape index (κ1) is 25.9. The van der Waals surface area contributed by atoms with Gasteiger partial charge in [0.15, 0.2) is 4.77 Å². The highest BCUT2D eigenvalue weighted by molar-refractivity contribution is 7.71. The lowest BCUT2D eigenvalue weighted by Gasteiger charge is -2.19. The van der Waals surface area contributed by atoms with Crippen LogP contribution in [0.2, 0.25) is 5.02 Å².